The van der Waals surface area contributed by atoms with Crippen molar-refractivity contribution in [1.82, 2.24) is 0 Å². The highest BCUT2D eigenvalue weighted by Gasteiger charge is 2.21. The summed E-state index contributed by atoms with van der Waals surface area (Å²) in [5, 5.41) is 10.5. The molecule has 0 bridgehead atoms. The lowest BCUT2D eigenvalue weighted by Crippen LogP contribution is -2.18. The van der Waals surface area contributed by atoms with Crippen molar-refractivity contribution >= 4 is 21.6 Å². The summed E-state index contributed by atoms with van der Waals surface area (Å²) in [5.74, 6) is 0. The van der Waals surface area contributed by atoms with Crippen molar-refractivity contribution < 1.29 is 13.7 Å². The van der Waals surface area contributed by atoms with Crippen LogP contribution in [0.1, 0.15) is 11.6 Å². The summed E-state index contributed by atoms with van der Waals surface area (Å²) in [6.07, 6.45) is -2.74. The maximum atomic E-state index is 12.2. The lowest BCUT2D eigenvalue weighted by molar-refractivity contribution is -0.385. The number of halogens is 3. The molecule has 0 saturated carbocycles. The van der Waals surface area contributed by atoms with Crippen molar-refractivity contribution in [3.8, 4) is 0 Å². The van der Waals surface area contributed by atoms with E-state index in [1.807, 2.05) is 0 Å². The van der Waals surface area contributed by atoms with Gasteiger partial charge in [0, 0.05) is 6.07 Å². The third-order valence-corrected chi connectivity index (χ3v) is 2.49. The molecule has 1 unspecified atom stereocenters. The number of rotatable bonds is 3. The molecular formula is C8H7BrF2N2O2. The molecule has 15 heavy (non-hydrogen) atoms. The zero-order chi connectivity index (χ0) is 11.6. The molecule has 0 heterocycles. The monoisotopic (exact) mass is 280 g/mol. The number of hydrogen-bond donors (Lipinski definition) is 1. The van der Waals surface area contributed by atoms with Gasteiger partial charge in [-0.05, 0) is 27.6 Å². The fourth-order valence-electron chi connectivity index (χ4n) is 1.02. The molecule has 0 fully saturated rings. The lowest BCUT2D eigenvalue weighted by Gasteiger charge is -2.10. The second-order valence-electron chi connectivity index (χ2n) is 2.83. The zero-order valence-corrected chi connectivity index (χ0v) is 8.95. The molecule has 7 heteroatoms. The topological polar surface area (TPSA) is 69.2 Å². The van der Waals surface area contributed by atoms with Crippen LogP contribution in [0.25, 0.3) is 0 Å². The second-order valence-corrected chi connectivity index (χ2v) is 3.68. The zero-order valence-electron chi connectivity index (χ0n) is 7.36. The Bertz CT molecular complexity index is 387. The van der Waals surface area contributed by atoms with Crippen molar-refractivity contribution in [2.45, 2.75) is 12.5 Å². The average Bonchev–Trinajstić information content (AvgIpc) is 2.16. The number of nitrogens with two attached hydrogens (primary N) is 1. The number of benzene rings is 1. The summed E-state index contributed by atoms with van der Waals surface area (Å²) in [6.45, 7) is 0. The smallest absolute Gasteiger partial charge is 0.283 e. The van der Waals surface area contributed by atoms with Crippen molar-refractivity contribution in [3.05, 3.63) is 38.3 Å². The molecule has 0 saturated heterocycles. The lowest BCUT2D eigenvalue weighted by atomic mass is 10.1. The first kappa shape index (κ1) is 12.0. The third kappa shape index (κ3) is 2.69. The van der Waals surface area contributed by atoms with E-state index in [0.29, 0.717) is 0 Å². The van der Waals surface area contributed by atoms with Crippen molar-refractivity contribution in [2.24, 2.45) is 5.73 Å². The fraction of sp³-hybridized carbons (Fsp3) is 0.250. The van der Waals surface area contributed by atoms with Gasteiger partial charge in [0.25, 0.3) is 12.1 Å². The van der Waals surface area contributed by atoms with E-state index in [-0.39, 0.29) is 15.7 Å². The van der Waals surface area contributed by atoms with Gasteiger partial charge in [0.05, 0.1) is 15.4 Å². The number of nitro groups is 1. The van der Waals surface area contributed by atoms with Gasteiger partial charge in [-0.25, -0.2) is 8.78 Å². The fourth-order valence-corrected chi connectivity index (χ4v) is 1.41. The van der Waals surface area contributed by atoms with E-state index in [0.717, 1.165) is 6.07 Å². The van der Waals surface area contributed by atoms with Gasteiger partial charge < -0.3 is 5.73 Å². The minimum Gasteiger partial charge on any atom is -0.319 e. The molecule has 82 valence electrons. The Hall–Kier alpha value is -1.08. The van der Waals surface area contributed by atoms with Crippen molar-refractivity contribution in [1.29, 1.82) is 0 Å². The molecule has 1 rings (SSSR count). The van der Waals surface area contributed by atoms with E-state index in [9.17, 15) is 18.9 Å². The Morgan fingerprint density at radius 1 is 1.47 bits per heavy atom. The van der Waals surface area contributed by atoms with Gasteiger partial charge in [-0.2, -0.15) is 0 Å². The van der Waals surface area contributed by atoms with Gasteiger partial charge >= 0.3 is 0 Å². The minimum absolute atomic E-state index is 0.0416. The van der Waals surface area contributed by atoms with Crippen LogP contribution in [-0.2, 0) is 0 Å². The standard InChI is InChI=1S/C8H7BrF2N2O2/c9-5-2-1-4(7(12)8(10)11)3-6(5)13(14)15/h1-3,7-8H,12H2. The maximum Gasteiger partial charge on any atom is 0.283 e. The Balaban J connectivity index is 3.13. The third-order valence-electron chi connectivity index (χ3n) is 1.82. The predicted molar refractivity (Wildman–Crippen MR) is 53.7 cm³/mol. The van der Waals surface area contributed by atoms with Crippen LogP contribution in [-0.4, -0.2) is 11.3 Å². The molecule has 2 N–H and O–H groups in total. The van der Waals surface area contributed by atoms with E-state index in [2.05, 4.69) is 15.9 Å². The molecule has 0 aliphatic heterocycles. The summed E-state index contributed by atoms with van der Waals surface area (Å²) in [7, 11) is 0. The predicted octanol–water partition coefficient (Wildman–Crippen LogP) is 2.62. The molecule has 0 aliphatic rings. The van der Waals surface area contributed by atoms with Crippen LogP contribution in [0.4, 0.5) is 14.5 Å². The van der Waals surface area contributed by atoms with Crippen LogP contribution in [0.5, 0.6) is 0 Å². The Labute approximate surface area is 92.4 Å². The highest BCUT2D eigenvalue weighted by molar-refractivity contribution is 9.10. The molecule has 0 aromatic heterocycles. The molecule has 0 aliphatic carbocycles. The Kier molecular flexibility index (Phi) is 3.70. The van der Waals surface area contributed by atoms with E-state index in [4.69, 9.17) is 5.73 Å². The molecular weight excluding hydrogens is 274 g/mol. The van der Waals surface area contributed by atoms with Crippen LogP contribution in [0.3, 0.4) is 0 Å². The van der Waals surface area contributed by atoms with Gasteiger partial charge in [-0.1, -0.05) is 6.07 Å². The normalized spacial score (nSPS) is 12.9. The van der Waals surface area contributed by atoms with Crippen LogP contribution in [0.2, 0.25) is 0 Å². The SMILES string of the molecule is NC(c1ccc(Br)c([N+](=O)[O-])c1)C(F)F. The molecule has 0 radical (unpaired) electrons. The highest BCUT2D eigenvalue weighted by Crippen LogP contribution is 2.29. The highest BCUT2D eigenvalue weighted by atomic mass is 79.9. The van der Waals surface area contributed by atoms with Gasteiger partial charge in [-0.3, -0.25) is 10.1 Å². The number of nitrogens with zero attached hydrogens (tertiary/aromatic N) is 1. The number of hydrogen-bond acceptors (Lipinski definition) is 3. The summed E-state index contributed by atoms with van der Waals surface area (Å²) in [6, 6.07) is 2.20. The van der Waals surface area contributed by atoms with E-state index >= 15 is 0 Å². The van der Waals surface area contributed by atoms with Gasteiger partial charge in [0.1, 0.15) is 0 Å². The molecule has 0 spiro atoms. The van der Waals surface area contributed by atoms with E-state index < -0.39 is 17.4 Å². The van der Waals surface area contributed by atoms with E-state index in [1.165, 1.54) is 12.1 Å². The first-order valence-electron chi connectivity index (χ1n) is 3.91. The molecule has 4 nitrogen and oxygen atoms in total. The second kappa shape index (κ2) is 4.63. The average molecular weight is 281 g/mol. The van der Waals surface area contributed by atoms with Gasteiger partial charge in [0.2, 0.25) is 0 Å². The Morgan fingerprint density at radius 3 is 2.53 bits per heavy atom. The summed E-state index contributed by atoms with van der Waals surface area (Å²) < 4.78 is 24.7. The van der Waals surface area contributed by atoms with Gasteiger partial charge in [0.15, 0.2) is 0 Å². The summed E-state index contributed by atoms with van der Waals surface area (Å²) >= 11 is 2.95. The van der Waals surface area contributed by atoms with Gasteiger partial charge in [-0.15, -0.1) is 0 Å². The van der Waals surface area contributed by atoms with Crippen molar-refractivity contribution in [2.75, 3.05) is 0 Å². The van der Waals surface area contributed by atoms with E-state index in [1.54, 1.807) is 0 Å². The molecule has 1 aromatic carbocycles. The van der Waals surface area contributed by atoms with Crippen LogP contribution >= 0.6 is 15.9 Å². The quantitative estimate of drug-likeness (QED) is 0.684. The summed E-state index contributed by atoms with van der Waals surface area (Å²) in [5.41, 5.74) is 4.94. The maximum absolute atomic E-state index is 12.2. The van der Waals surface area contributed by atoms with Crippen LogP contribution in [0, 0.1) is 10.1 Å². The number of alkyl halides is 2. The minimum atomic E-state index is -2.74. The first-order valence-corrected chi connectivity index (χ1v) is 4.70. The first-order chi connectivity index (χ1) is 6.93. The molecule has 1 aromatic rings. The largest absolute Gasteiger partial charge is 0.319 e. The molecule has 1 atom stereocenters. The van der Waals surface area contributed by atoms with Crippen LogP contribution in [0.15, 0.2) is 22.7 Å². The number of nitro benzene ring substituents is 1. The molecule has 0 amide bonds. The summed E-state index contributed by atoms with van der Waals surface area (Å²) in [4.78, 5) is 9.85. The van der Waals surface area contributed by atoms with Crippen molar-refractivity contribution in [3.63, 3.8) is 0 Å². The van der Waals surface area contributed by atoms with Crippen LogP contribution < -0.4 is 5.73 Å². The Morgan fingerprint density at radius 2 is 2.07 bits per heavy atom.